The molecule has 5 nitrogen and oxygen atoms in total. The van der Waals surface area contributed by atoms with E-state index in [0.29, 0.717) is 5.75 Å². The maximum atomic E-state index is 12.1. The molecule has 1 rings (SSSR count). The fraction of sp³-hybridized carbons (Fsp3) is 0.500. The second kappa shape index (κ2) is 6.17. The molecule has 0 bridgehead atoms. The number of hydrogen-bond donors (Lipinski definition) is 1. The molecule has 1 aromatic carbocycles. The summed E-state index contributed by atoms with van der Waals surface area (Å²) in [5, 5.41) is -0.586. The van der Waals surface area contributed by atoms with Crippen molar-refractivity contribution in [2.75, 3.05) is 20.7 Å². The first-order chi connectivity index (χ1) is 8.43. The number of ether oxygens (including phenoxy) is 1. The van der Waals surface area contributed by atoms with Crippen molar-refractivity contribution in [3.63, 3.8) is 0 Å². The zero-order valence-electron chi connectivity index (χ0n) is 11.0. The SMILES string of the molecule is COc1ccccc1CN(C)S(=O)(=O)C(C)CN. The summed E-state index contributed by atoms with van der Waals surface area (Å²) in [4.78, 5) is 0. The van der Waals surface area contributed by atoms with E-state index in [-0.39, 0.29) is 13.1 Å². The first-order valence-electron chi connectivity index (χ1n) is 5.70. The quantitative estimate of drug-likeness (QED) is 0.831. The summed E-state index contributed by atoms with van der Waals surface area (Å²) in [6.07, 6.45) is 0. The molecule has 0 aliphatic heterocycles. The second-order valence-corrected chi connectivity index (χ2v) is 6.62. The molecule has 6 heteroatoms. The summed E-state index contributed by atoms with van der Waals surface area (Å²) in [5.74, 6) is 0.681. The molecule has 1 unspecified atom stereocenters. The van der Waals surface area contributed by atoms with Gasteiger partial charge >= 0.3 is 0 Å². The maximum Gasteiger partial charge on any atom is 0.218 e. The van der Waals surface area contributed by atoms with Gasteiger partial charge in [-0.15, -0.1) is 0 Å². The number of nitrogens with zero attached hydrogens (tertiary/aromatic N) is 1. The number of nitrogens with two attached hydrogens (primary N) is 1. The molecule has 0 heterocycles. The third-order valence-electron chi connectivity index (χ3n) is 2.86. The minimum atomic E-state index is -3.36. The van der Waals surface area contributed by atoms with Crippen LogP contribution in [0.25, 0.3) is 0 Å². The summed E-state index contributed by atoms with van der Waals surface area (Å²) in [6, 6.07) is 7.35. The third kappa shape index (κ3) is 3.22. The molecule has 0 fully saturated rings. The lowest BCUT2D eigenvalue weighted by molar-refractivity contribution is 0.397. The zero-order chi connectivity index (χ0) is 13.8. The number of para-hydroxylation sites is 1. The van der Waals surface area contributed by atoms with E-state index >= 15 is 0 Å². The number of benzene rings is 1. The average molecular weight is 272 g/mol. The van der Waals surface area contributed by atoms with Gasteiger partial charge in [-0.25, -0.2) is 12.7 Å². The molecular formula is C12H20N2O3S. The molecule has 0 aliphatic carbocycles. The van der Waals surface area contributed by atoms with Gasteiger partial charge in [-0.3, -0.25) is 0 Å². The summed E-state index contributed by atoms with van der Waals surface area (Å²) in [7, 11) is -0.245. The minimum absolute atomic E-state index is 0.110. The van der Waals surface area contributed by atoms with E-state index < -0.39 is 15.3 Å². The van der Waals surface area contributed by atoms with E-state index in [9.17, 15) is 8.42 Å². The van der Waals surface area contributed by atoms with Crippen LogP contribution in [-0.4, -0.2) is 38.7 Å². The monoisotopic (exact) mass is 272 g/mol. The van der Waals surface area contributed by atoms with Gasteiger partial charge in [0.05, 0.1) is 12.4 Å². The van der Waals surface area contributed by atoms with Crippen LogP contribution in [0.5, 0.6) is 5.75 Å². The average Bonchev–Trinajstić information content (AvgIpc) is 2.38. The topological polar surface area (TPSA) is 72.6 Å². The highest BCUT2D eigenvalue weighted by Gasteiger charge is 2.25. The predicted octanol–water partition coefficient (Wildman–Crippen LogP) is 0.804. The summed E-state index contributed by atoms with van der Waals surface area (Å²) in [6.45, 7) is 1.99. The van der Waals surface area contributed by atoms with E-state index in [1.165, 1.54) is 4.31 Å². The largest absolute Gasteiger partial charge is 0.496 e. The van der Waals surface area contributed by atoms with Crippen LogP contribution in [-0.2, 0) is 16.6 Å². The minimum Gasteiger partial charge on any atom is -0.496 e. The van der Waals surface area contributed by atoms with Crippen LogP contribution in [0.3, 0.4) is 0 Å². The van der Waals surface area contributed by atoms with Crippen LogP contribution in [0.15, 0.2) is 24.3 Å². The van der Waals surface area contributed by atoms with Gasteiger partial charge in [0.25, 0.3) is 0 Å². The summed E-state index contributed by atoms with van der Waals surface area (Å²) < 4.78 is 30.6. The third-order valence-corrected chi connectivity index (χ3v) is 5.07. The molecule has 0 spiro atoms. The number of methoxy groups -OCH3 is 1. The van der Waals surface area contributed by atoms with E-state index in [1.54, 1.807) is 21.1 Å². The number of sulfonamides is 1. The Morgan fingerprint density at radius 3 is 2.56 bits per heavy atom. The van der Waals surface area contributed by atoms with E-state index in [0.717, 1.165) is 5.56 Å². The van der Waals surface area contributed by atoms with Crippen LogP contribution in [0.2, 0.25) is 0 Å². The Kier molecular flexibility index (Phi) is 5.13. The van der Waals surface area contributed by atoms with Gasteiger partial charge in [0.2, 0.25) is 10.0 Å². The van der Waals surface area contributed by atoms with Gasteiger partial charge < -0.3 is 10.5 Å². The lowest BCUT2D eigenvalue weighted by Gasteiger charge is -2.21. The highest BCUT2D eigenvalue weighted by atomic mass is 32.2. The second-order valence-electron chi connectivity index (χ2n) is 4.16. The van der Waals surface area contributed by atoms with Crippen LogP contribution >= 0.6 is 0 Å². The normalized spacial score (nSPS) is 13.6. The number of rotatable bonds is 6. The van der Waals surface area contributed by atoms with Crippen LogP contribution in [0.4, 0.5) is 0 Å². The fourth-order valence-corrected chi connectivity index (χ4v) is 2.77. The van der Waals surface area contributed by atoms with Crippen LogP contribution < -0.4 is 10.5 Å². The smallest absolute Gasteiger partial charge is 0.218 e. The van der Waals surface area contributed by atoms with Crippen LogP contribution in [0.1, 0.15) is 12.5 Å². The molecule has 0 aromatic heterocycles. The van der Waals surface area contributed by atoms with Crippen molar-refractivity contribution < 1.29 is 13.2 Å². The molecule has 102 valence electrons. The van der Waals surface area contributed by atoms with Gasteiger partial charge in [-0.2, -0.15) is 0 Å². The molecule has 1 atom stereocenters. The molecule has 18 heavy (non-hydrogen) atoms. The first kappa shape index (κ1) is 14.9. The van der Waals surface area contributed by atoms with Crippen molar-refractivity contribution in [3.05, 3.63) is 29.8 Å². The molecule has 1 aromatic rings. The van der Waals surface area contributed by atoms with Gasteiger partial charge in [0.15, 0.2) is 0 Å². The lowest BCUT2D eigenvalue weighted by atomic mass is 10.2. The molecule has 0 saturated heterocycles. The fourth-order valence-electron chi connectivity index (χ4n) is 1.59. The maximum absolute atomic E-state index is 12.1. The Bertz CT molecular complexity index is 488. The van der Waals surface area contributed by atoms with Gasteiger partial charge in [-0.1, -0.05) is 18.2 Å². The Morgan fingerprint density at radius 2 is 2.00 bits per heavy atom. The summed E-state index contributed by atoms with van der Waals surface area (Å²) in [5.41, 5.74) is 6.24. The molecular weight excluding hydrogens is 252 g/mol. The van der Waals surface area contributed by atoms with Gasteiger partial charge in [-0.05, 0) is 13.0 Å². The Hall–Kier alpha value is -1.11. The summed E-state index contributed by atoms with van der Waals surface area (Å²) >= 11 is 0. The molecule has 0 amide bonds. The van der Waals surface area contributed by atoms with E-state index in [1.807, 2.05) is 24.3 Å². The molecule has 0 radical (unpaired) electrons. The van der Waals surface area contributed by atoms with Crippen molar-refractivity contribution in [3.8, 4) is 5.75 Å². The highest BCUT2D eigenvalue weighted by molar-refractivity contribution is 7.89. The predicted molar refractivity (Wildman–Crippen MR) is 71.9 cm³/mol. The van der Waals surface area contributed by atoms with Gasteiger partial charge in [0.1, 0.15) is 5.75 Å². The standard InChI is InChI=1S/C12H20N2O3S/c1-10(8-13)18(15,16)14(2)9-11-6-4-5-7-12(11)17-3/h4-7,10H,8-9,13H2,1-3H3. The zero-order valence-corrected chi connectivity index (χ0v) is 11.8. The number of hydrogen-bond acceptors (Lipinski definition) is 4. The lowest BCUT2D eigenvalue weighted by Crippen LogP contribution is -2.38. The Labute approximate surface area is 109 Å². The Balaban J connectivity index is 2.91. The first-order valence-corrected chi connectivity index (χ1v) is 7.21. The van der Waals surface area contributed by atoms with Crippen molar-refractivity contribution in [1.82, 2.24) is 4.31 Å². The Morgan fingerprint density at radius 1 is 1.39 bits per heavy atom. The van der Waals surface area contributed by atoms with Crippen molar-refractivity contribution in [2.24, 2.45) is 5.73 Å². The molecule has 0 aliphatic rings. The molecule has 2 N–H and O–H groups in total. The van der Waals surface area contributed by atoms with E-state index in [2.05, 4.69) is 0 Å². The van der Waals surface area contributed by atoms with Crippen molar-refractivity contribution >= 4 is 10.0 Å². The van der Waals surface area contributed by atoms with Crippen molar-refractivity contribution in [1.29, 1.82) is 0 Å². The van der Waals surface area contributed by atoms with Crippen molar-refractivity contribution in [2.45, 2.75) is 18.7 Å². The van der Waals surface area contributed by atoms with Crippen LogP contribution in [0, 0.1) is 0 Å². The van der Waals surface area contributed by atoms with Gasteiger partial charge in [0, 0.05) is 25.7 Å². The molecule has 0 saturated carbocycles. The van der Waals surface area contributed by atoms with E-state index in [4.69, 9.17) is 10.5 Å². The highest BCUT2D eigenvalue weighted by Crippen LogP contribution is 2.20.